The molecular weight excluding hydrogens is 112 g/mol. The summed E-state index contributed by atoms with van der Waals surface area (Å²) in [4.78, 5) is 0. The first kappa shape index (κ1) is 6.56. The largest absolute Gasteiger partial charge is 0.377 e. The van der Waals surface area contributed by atoms with Crippen LogP contribution in [0.3, 0.4) is 0 Å². The van der Waals surface area contributed by atoms with Gasteiger partial charge in [0.2, 0.25) is 0 Å². The second kappa shape index (κ2) is 2.83. The fraction of sp³-hybridized carbons (Fsp3) is 0.500. The van der Waals surface area contributed by atoms with E-state index in [4.69, 9.17) is 4.74 Å². The summed E-state index contributed by atoms with van der Waals surface area (Å²) in [6.07, 6.45) is 7.65. The molecule has 0 N–H and O–H groups in total. The summed E-state index contributed by atoms with van der Waals surface area (Å²) in [5.41, 5.74) is 1.32. The lowest BCUT2D eigenvalue weighted by atomic mass is 10.0. The monoisotopic (exact) mass is 124 g/mol. The van der Waals surface area contributed by atoms with Crippen LogP contribution in [-0.2, 0) is 4.74 Å². The van der Waals surface area contributed by atoms with Crippen molar-refractivity contribution in [1.82, 2.24) is 0 Å². The van der Waals surface area contributed by atoms with Crippen molar-refractivity contribution in [1.29, 1.82) is 0 Å². The molecule has 1 nitrogen and oxygen atoms in total. The van der Waals surface area contributed by atoms with E-state index < -0.39 is 0 Å². The van der Waals surface area contributed by atoms with E-state index in [1.54, 1.807) is 7.11 Å². The van der Waals surface area contributed by atoms with Crippen molar-refractivity contribution in [2.24, 2.45) is 0 Å². The number of hydrogen-bond donors (Lipinski definition) is 0. The van der Waals surface area contributed by atoms with Crippen LogP contribution < -0.4 is 0 Å². The Bertz CT molecular complexity index is 145. The predicted octanol–water partition coefficient (Wildman–Crippen LogP) is 1.91. The van der Waals surface area contributed by atoms with Gasteiger partial charge in [-0.25, -0.2) is 0 Å². The third-order valence-corrected chi connectivity index (χ3v) is 1.64. The lowest BCUT2D eigenvalue weighted by Gasteiger charge is -2.15. The van der Waals surface area contributed by atoms with E-state index >= 15 is 0 Å². The molecule has 0 amide bonds. The van der Waals surface area contributed by atoms with Crippen molar-refractivity contribution in [3.8, 4) is 0 Å². The van der Waals surface area contributed by atoms with Crippen LogP contribution in [0.25, 0.3) is 0 Å². The first-order valence-corrected chi connectivity index (χ1v) is 3.20. The van der Waals surface area contributed by atoms with E-state index in [0.29, 0.717) is 6.10 Å². The van der Waals surface area contributed by atoms with Gasteiger partial charge in [-0.1, -0.05) is 18.2 Å². The molecular formula is C8H12O. The fourth-order valence-corrected chi connectivity index (χ4v) is 0.997. The molecule has 50 valence electrons. The van der Waals surface area contributed by atoms with Crippen LogP contribution in [0.15, 0.2) is 23.8 Å². The molecule has 1 aliphatic rings. The fourth-order valence-electron chi connectivity index (χ4n) is 0.997. The molecule has 1 heteroatoms. The minimum Gasteiger partial charge on any atom is -0.377 e. The van der Waals surface area contributed by atoms with Gasteiger partial charge in [0.25, 0.3) is 0 Å². The van der Waals surface area contributed by atoms with Gasteiger partial charge in [-0.05, 0) is 18.9 Å². The average Bonchev–Trinajstić information content (AvgIpc) is 1.89. The van der Waals surface area contributed by atoms with Gasteiger partial charge in [-0.3, -0.25) is 0 Å². The standard InChI is InChI=1S/C8H12O/c1-7-5-3-4-6-8(7)9-2/h3-5,8H,6H2,1-2H3/t8-/m0/s1. The number of allylic oxidation sites excluding steroid dienone is 2. The van der Waals surface area contributed by atoms with Crippen LogP contribution in [0.5, 0.6) is 0 Å². The molecule has 0 unspecified atom stereocenters. The van der Waals surface area contributed by atoms with E-state index in [1.807, 2.05) is 0 Å². The molecule has 9 heavy (non-hydrogen) atoms. The third kappa shape index (κ3) is 1.42. The summed E-state index contributed by atoms with van der Waals surface area (Å²) in [5.74, 6) is 0. The van der Waals surface area contributed by atoms with Crippen molar-refractivity contribution >= 4 is 0 Å². The Balaban J connectivity index is 2.59. The highest BCUT2D eigenvalue weighted by Gasteiger charge is 2.08. The Morgan fingerprint density at radius 2 is 2.44 bits per heavy atom. The van der Waals surface area contributed by atoms with Crippen molar-refractivity contribution in [3.63, 3.8) is 0 Å². The molecule has 0 heterocycles. The van der Waals surface area contributed by atoms with Crippen LogP contribution in [0.1, 0.15) is 13.3 Å². The molecule has 1 aliphatic carbocycles. The summed E-state index contributed by atoms with van der Waals surface area (Å²) in [6.45, 7) is 2.09. The number of ether oxygens (including phenoxy) is 1. The maximum absolute atomic E-state index is 5.18. The van der Waals surface area contributed by atoms with Gasteiger partial charge in [0, 0.05) is 7.11 Å². The molecule has 0 saturated carbocycles. The maximum Gasteiger partial charge on any atom is 0.0816 e. The smallest absolute Gasteiger partial charge is 0.0816 e. The highest BCUT2D eigenvalue weighted by Crippen LogP contribution is 2.14. The zero-order chi connectivity index (χ0) is 6.69. The van der Waals surface area contributed by atoms with E-state index in [1.165, 1.54) is 5.57 Å². The van der Waals surface area contributed by atoms with Gasteiger partial charge in [0.15, 0.2) is 0 Å². The Labute approximate surface area is 56.0 Å². The van der Waals surface area contributed by atoms with Gasteiger partial charge in [-0.2, -0.15) is 0 Å². The highest BCUT2D eigenvalue weighted by atomic mass is 16.5. The molecule has 0 spiro atoms. The number of methoxy groups -OCH3 is 1. The van der Waals surface area contributed by atoms with Crippen LogP contribution in [0, 0.1) is 0 Å². The number of rotatable bonds is 1. The molecule has 0 bridgehead atoms. The highest BCUT2D eigenvalue weighted by molar-refractivity contribution is 5.20. The molecule has 0 fully saturated rings. The first-order valence-electron chi connectivity index (χ1n) is 3.20. The molecule has 1 atom stereocenters. The molecule has 0 aromatic rings. The summed E-state index contributed by atoms with van der Waals surface area (Å²) in [6, 6.07) is 0. The minimum atomic E-state index is 0.329. The SMILES string of the molecule is CO[C@H]1CC=CC=C1C. The van der Waals surface area contributed by atoms with Gasteiger partial charge in [0.1, 0.15) is 0 Å². The molecule has 0 aromatic heterocycles. The van der Waals surface area contributed by atoms with Crippen LogP contribution >= 0.6 is 0 Å². The van der Waals surface area contributed by atoms with E-state index in [-0.39, 0.29) is 0 Å². The molecule has 0 aromatic carbocycles. The normalized spacial score (nSPS) is 26.0. The van der Waals surface area contributed by atoms with Crippen molar-refractivity contribution in [3.05, 3.63) is 23.8 Å². The Morgan fingerprint density at radius 3 is 2.89 bits per heavy atom. The zero-order valence-corrected chi connectivity index (χ0v) is 5.92. The topological polar surface area (TPSA) is 9.23 Å². The van der Waals surface area contributed by atoms with E-state index in [9.17, 15) is 0 Å². The molecule has 0 aliphatic heterocycles. The van der Waals surface area contributed by atoms with Gasteiger partial charge in [0.05, 0.1) is 6.10 Å². The van der Waals surface area contributed by atoms with Crippen molar-refractivity contribution in [2.75, 3.05) is 7.11 Å². The maximum atomic E-state index is 5.18. The van der Waals surface area contributed by atoms with Crippen LogP contribution in [0.2, 0.25) is 0 Å². The molecule has 0 radical (unpaired) electrons. The Hall–Kier alpha value is -0.560. The van der Waals surface area contributed by atoms with Gasteiger partial charge < -0.3 is 4.74 Å². The second-order valence-corrected chi connectivity index (χ2v) is 2.30. The van der Waals surface area contributed by atoms with Crippen LogP contribution in [-0.4, -0.2) is 13.2 Å². The quantitative estimate of drug-likeness (QED) is 0.518. The number of hydrogen-bond acceptors (Lipinski definition) is 1. The molecule has 1 rings (SSSR count). The Morgan fingerprint density at radius 1 is 1.67 bits per heavy atom. The third-order valence-electron chi connectivity index (χ3n) is 1.64. The second-order valence-electron chi connectivity index (χ2n) is 2.30. The van der Waals surface area contributed by atoms with Gasteiger partial charge >= 0.3 is 0 Å². The minimum absolute atomic E-state index is 0.329. The van der Waals surface area contributed by atoms with Crippen molar-refractivity contribution < 1.29 is 4.74 Å². The lowest BCUT2D eigenvalue weighted by Crippen LogP contribution is -2.12. The summed E-state index contributed by atoms with van der Waals surface area (Å²) >= 11 is 0. The van der Waals surface area contributed by atoms with Crippen molar-refractivity contribution in [2.45, 2.75) is 19.4 Å². The van der Waals surface area contributed by atoms with Crippen LogP contribution in [0.4, 0.5) is 0 Å². The first-order chi connectivity index (χ1) is 4.34. The Kier molecular flexibility index (Phi) is 2.06. The summed E-state index contributed by atoms with van der Waals surface area (Å²) in [5, 5.41) is 0. The zero-order valence-electron chi connectivity index (χ0n) is 5.92. The lowest BCUT2D eigenvalue weighted by molar-refractivity contribution is 0.133. The molecule has 0 saturated heterocycles. The summed E-state index contributed by atoms with van der Waals surface area (Å²) in [7, 11) is 1.75. The summed E-state index contributed by atoms with van der Waals surface area (Å²) < 4.78 is 5.18. The average molecular weight is 124 g/mol. The van der Waals surface area contributed by atoms with Gasteiger partial charge in [-0.15, -0.1) is 0 Å². The van der Waals surface area contributed by atoms with E-state index in [0.717, 1.165) is 6.42 Å². The predicted molar refractivity (Wildman–Crippen MR) is 38.3 cm³/mol. The van der Waals surface area contributed by atoms with E-state index in [2.05, 4.69) is 25.2 Å².